The van der Waals surface area contributed by atoms with Crippen LogP contribution in [0.15, 0.2) is 18.5 Å². The summed E-state index contributed by atoms with van der Waals surface area (Å²) < 4.78 is 7.26. The van der Waals surface area contributed by atoms with E-state index in [1.807, 2.05) is 32.9 Å². The Kier molecular flexibility index (Phi) is 5.51. The van der Waals surface area contributed by atoms with Crippen LogP contribution >= 0.6 is 0 Å². The number of nitrogens with zero attached hydrogens (tertiary/aromatic N) is 4. The van der Waals surface area contributed by atoms with E-state index in [1.165, 1.54) is 0 Å². The number of amides is 2. The van der Waals surface area contributed by atoms with Gasteiger partial charge in [-0.1, -0.05) is 0 Å². The number of urea groups is 1. The zero-order valence-electron chi connectivity index (χ0n) is 13.9. The second-order valence-corrected chi connectivity index (χ2v) is 6.44. The maximum absolute atomic E-state index is 12.5. The molecule has 3 heterocycles. The van der Waals surface area contributed by atoms with Gasteiger partial charge < -0.3 is 19.9 Å². The molecule has 0 aromatic carbocycles. The van der Waals surface area contributed by atoms with Gasteiger partial charge in [-0.3, -0.25) is 4.68 Å². The molecule has 7 nitrogen and oxygen atoms in total. The number of hydrogen-bond donors (Lipinski definition) is 1. The first-order valence-electron chi connectivity index (χ1n) is 8.57. The monoisotopic (exact) mass is 321 g/mol. The number of hydrogen-bond acceptors (Lipinski definition) is 4. The molecule has 0 spiro atoms. The molecule has 7 heteroatoms. The highest BCUT2D eigenvalue weighted by atomic mass is 16.5. The van der Waals surface area contributed by atoms with Crippen molar-refractivity contribution in [2.24, 2.45) is 0 Å². The van der Waals surface area contributed by atoms with Crippen LogP contribution in [0.2, 0.25) is 0 Å². The van der Waals surface area contributed by atoms with Crippen molar-refractivity contribution in [3.05, 3.63) is 18.5 Å². The standard InChI is InChI=1S/C16H27N5O2/c1-14(13-21-6-2-5-17-21)18-15-3-7-19(8-4-15)16(22)20-9-11-23-12-10-20/h2,5-6,14-15,18H,3-4,7-13H2,1H3/t14-/m0/s1. The van der Waals surface area contributed by atoms with Crippen LogP contribution in [-0.4, -0.2) is 77.1 Å². The Labute approximate surface area is 137 Å². The minimum Gasteiger partial charge on any atom is -0.378 e. The number of nitrogens with one attached hydrogen (secondary N) is 1. The molecular formula is C16H27N5O2. The largest absolute Gasteiger partial charge is 0.378 e. The third-order valence-corrected chi connectivity index (χ3v) is 4.59. The fraction of sp³-hybridized carbons (Fsp3) is 0.750. The van der Waals surface area contributed by atoms with Crippen LogP contribution in [-0.2, 0) is 11.3 Å². The zero-order chi connectivity index (χ0) is 16.1. The smallest absolute Gasteiger partial charge is 0.320 e. The first kappa shape index (κ1) is 16.3. The highest BCUT2D eigenvalue weighted by Gasteiger charge is 2.27. The number of likely N-dealkylation sites (tertiary alicyclic amines) is 1. The van der Waals surface area contributed by atoms with E-state index in [9.17, 15) is 4.79 Å². The average molecular weight is 321 g/mol. The predicted molar refractivity (Wildman–Crippen MR) is 87.2 cm³/mol. The van der Waals surface area contributed by atoms with Crippen LogP contribution in [0.4, 0.5) is 4.79 Å². The van der Waals surface area contributed by atoms with Crippen molar-refractivity contribution in [2.45, 2.75) is 38.4 Å². The molecule has 1 N–H and O–H groups in total. The van der Waals surface area contributed by atoms with Crippen LogP contribution in [0.3, 0.4) is 0 Å². The maximum Gasteiger partial charge on any atom is 0.320 e. The Balaban J connectivity index is 1.40. The molecule has 0 unspecified atom stereocenters. The summed E-state index contributed by atoms with van der Waals surface area (Å²) in [6, 6.07) is 2.98. The Morgan fingerprint density at radius 3 is 2.61 bits per heavy atom. The molecule has 0 saturated carbocycles. The summed E-state index contributed by atoms with van der Waals surface area (Å²) in [6.45, 7) is 7.50. The number of morpholine rings is 1. The van der Waals surface area contributed by atoms with Gasteiger partial charge in [0.2, 0.25) is 0 Å². The van der Waals surface area contributed by atoms with Gasteiger partial charge in [0.15, 0.2) is 0 Å². The lowest BCUT2D eigenvalue weighted by Gasteiger charge is -2.38. The lowest BCUT2D eigenvalue weighted by molar-refractivity contribution is 0.0406. The Bertz CT molecular complexity index is 479. The molecule has 1 aromatic rings. The fourth-order valence-corrected chi connectivity index (χ4v) is 3.34. The molecule has 23 heavy (non-hydrogen) atoms. The van der Waals surface area contributed by atoms with E-state index in [1.54, 1.807) is 0 Å². The third-order valence-electron chi connectivity index (χ3n) is 4.59. The third kappa shape index (κ3) is 4.45. The van der Waals surface area contributed by atoms with Crippen molar-refractivity contribution >= 4 is 6.03 Å². The summed E-state index contributed by atoms with van der Waals surface area (Å²) in [4.78, 5) is 16.4. The van der Waals surface area contributed by atoms with Crippen LogP contribution in [0.1, 0.15) is 19.8 Å². The molecule has 3 rings (SSSR count). The molecule has 2 aliphatic rings. The van der Waals surface area contributed by atoms with Gasteiger partial charge in [0.1, 0.15) is 0 Å². The van der Waals surface area contributed by atoms with Crippen LogP contribution < -0.4 is 5.32 Å². The van der Waals surface area contributed by atoms with Crippen molar-refractivity contribution in [3.63, 3.8) is 0 Å². The molecule has 128 valence electrons. The van der Waals surface area contributed by atoms with Crippen molar-refractivity contribution in [3.8, 4) is 0 Å². The summed E-state index contributed by atoms with van der Waals surface area (Å²) in [6.07, 6.45) is 5.82. The van der Waals surface area contributed by atoms with Crippen molar-refractivity contribution in [2.75, 3.05) is 39.4 Å². The Morgan fingerprint density at radius 1 is 1.26 bits per heavy atom. The SMILES string of the molecule is C[C@@H](Cn1cccn1)NC1CCN(C(=O)N2CCOCC2)CC1. The molecule has 2 aliphatic heterocycles. The van der Waals surface area contributed by atoms with E-state index in [0.29, 0.717) is 25.3 Å². The molecule has 1 aromatic heterocycles. The first-order chi connectivity index (χ1) is 11.2. The van der Waals surface area contributed by atoms with Gasteiger partial charge in [-0.2, -0.15) is 5.10 Å². The highest BCUT2D eigenvalue weighted by molar-refractivity contribution is 5.74. The highest BCUT2D eigenvalue weighted by Crippen LogP contribution is 2.14. The summed E-state index contributed by atoms with van der Waals surface area (Å²) in [7, 11) is 0. The van der Waals surface area contributed by atoms with Gasteiger partial charge in [-0.15, -0.1) is 0 Å². The number of aromatic nitrogens is 2. The van der Waals surface area contributed by atoms with Gasteiger partial charge in [-0.25, -0.2) is 4.79 Å². The minimum atomic E-state index is 0.177. The average Bonchev–Trinajstić information content (AvgIpc) is 3.08. The van der Waals surface area contributed by atoms with Gasteiger partial charge in [0.25, 0.3) is 0 Å². The van der Waals surface area contributed by atoms with Gasteiger partial charge >= 0.3 is 6.03 Å². The van der Waals surface area contributed by atoms with Crippen molar-refractivity contribution in [1.82, 2.24) is 24.9 Å². The number of rotatable bonds is 4. The van der Waals surface area contributed by atoms with E-state index in [0.717, 1.165) is 45.6 Å². The van der Waals surface area contributed by atoms with Crippen LogP contribution in [0.25, 0.3) is 0 Å². The number of piperidine rings is 1. The van der Waals surface area contributed by atoms with E-state index in [2.05, 4.69) is 17.3 Å². The molecule has 1 atom stereocenters. The van der Waals surface area contributed by atoms with E-state index in [4.69, 9.17) is 4.74 Å². The summed E-state index contributed by atoms with van der Waals surface area (Å²) in [5, 5.41) is 7.91. The topological polar surface area (TPSA) is 62.6 Å². The van der Waals surface area contributed by atoms with E-state index < -0.39 is 0 Å². The van der Waals surface area contributed by atoms with Gasteiger partial charge in [-0.05, 0) is 25.8 Å². The number of carbonyl (C=O) groups excluding carboxylic acids is 1. The fourth-order valence-electron chi connectivity index (χ4n) is 3.34. The summed E-state index contributed by atoms with van der Waals surface area (Å²) in [5.74, 6) is 0. The maximum atomic E-state index is 12.5. The Hall–Kier alpha value is -1.60. The Morgan fingerprint density at radius 2 is 1.96 bits per heavy atom. The molecule has 2 amide bonds. The van der Waals surface area contributed by atoms with Crippen molar-refractivity contribution < 1.29 is 9.53 Å². The second-order valence-electron chi connectivity index (χ2n) is 6.44. The number of ether oxygens (including phenoxy) is 1. The van der Waals surface area contributed by atoms with Crippen LogP contribution in [0.5, 0.6) is 0 Å². The molecule has 2 saturated heterocycles. The van der Waals surface area contributed by atoms with E-state index in [-0.39, 0.29) is 6.03 Å². The molecule has 0 bridgehead atoms. The van der Waals surface area contributed by atoms with E-state index >= 15 is 0 Å². The minimum absolute atomic E-state index is 0.177. The molecular weight excluding hydrogens is 294 g/mol. The molecule has 2 fully saturated rings. The molecule has 0 aliphatic carbocycles. The molecule has 0 radical (unpaired) electrons. The second kappa shape index (κ2) is 7.79. The predicted octanol–water partition coefficient (Wildman–Crippen LogP) is 0.778. The van der Waals surface area contributed by atoms with Crippen molar-refractivity contribution in [1.29, 1.82) is 0 Å². The quantitative estimate of drug-likeness (QED) is 0.890. The first-order valence-corrected chi connectivity index (χ1v) is 8.57. The lowest BCUT2D eigenvalue weighted by atomic mass is 10.0. The normalized spacial score (nSPS) is 21.4. The lowest BCUT2D eigenvalue weighted by Crippen LogP contribution is -2.53. The number of carbonyl (C=O) groups is 1. The van der Waals surface area contributed by atoms with Gasteiger partial charge in [0, 0.05) is 50.7 Å². The summed E-state index contributed by atoms with van der Waals surface area (Å²) >= 11 is 0. The zero-order valence-corrected chi connectivity index (χ0v) is 13.9. The van der Waals surface area contributed by atoms with Crippen LogP contribution in [0, 0.1) is 0 Å². The van der Waals surface area contributed by atoms with Gasteiger partial charge in [0.05, 0.1) is 19.8 Å². The summed E-state index contributed by atoms with van der Waals surface area (Å²) in [5.41, 5.74) is 0.